The highest BCUT2D eigenvalue weighted by molar-refractivity contribution is 9.10. The quantitative estimate of drug-likeness (QED) is 0.741. The van der Waals surface area contributed by atoms with Gasteiger partial charge in [0.1, 0.15) is 0 Å². The Hall–Kier alpha value is -0.740. The third-order valence-corrected chi connectivity index (χ3v) is 4.16. The Bertz CT molecular complexity index is 416. The van der Waals surface area contributed by atoms with Crippen molar-refractivity contribution in [2.75, 3.05) is 13.2 Å². The highest BCUT2D eigenvalue weighted by Crippen LogP contribution is 2.39. The van der Waals surface area contributed by atoms with E-state index in [-0.39, 0.29) is 5.92 Å². The average molecular weight is 345 g/mol. The van der Waals surface area contributed by atoms with Gasteiger partial charge in [-0.1, -0.05) is 42.6 Å². The van der Waals surface area contributed by atoms with Crippen LogP contribution < -0.4 is 9.47 Å². The number of hydrogen-bond acceptors (Lipinski definition) is 3. The minimum Gasteiger partial charge on any atom is -0.490 e. The van der Waals surface area contributed by atoms with E-state index in [0.29, 0.717) is 24.7 Å². The van der Waals surface area contributed by atoms with E-state index in [1.807, 2.05) is 26.0 Å². The number of hydrogen-bond donors (Lipinski definition) is 1. The molecule has 0 amide bonds. The van der Waals surface area contributed by atoms with Gasteiger partial charge in [0.25, 0.3) is 0 Å². The van der Waals surface area contributed by atoms with Crippen molar-refractivity contribution in [2.24, 2.45) is 5.92 Å². The molecule has 114 valence electrons. The van der Waals surface area contributed by atoms with E-state index in [9.17, 15) is 5.11 Å². The molecule has 20 heavy (non-hydrogen) atoms. The molecule has 1 unspecified atom stereocenters. The third-order valence-electron chi connectivity index (χ3n) is 3.48. The summed E-state index contributed by atoms with van der Waals surface area (Å²) in [5, 5.41) is 10.5. The molecule has 0 aliphatic heterocycles. The summed E-state index contributed by atoms with van der Waals surface area (Å²) in [5.74, 6) is 1.65. The standard InChI is InChI=1S/C16H25BrO3/c1-5-11(6-2)16(18)12-9-14(19-7-3)15(20-8-4)10-13(12)17/h9-11,16,18H,5-8H2,1-4H3. The van der Waals surface area contributed by atoms with Crippen LogP contribution in [-0.4, -0.2) is 18.3 Å². The summed E-state index contributed by atoms with van der Waals surface area (Å²) < 4.78 is 12.1. The molecular formula is C16H25BrO3. The molecule has 0 heterocycles. The maximum absolute atomic E-state index is 10.5. The van der Waals surface area contributed by atoms with Gasteiger partial charge in [-0.3, -0.25) is 0 Å². The Morgan fingerprint density at radius 3 is 1.95 bits per heavy atom. The molecule has 1 rings (SSSR count). The van der Waals surface area contributed by atoms with E-state index in [1.54, 1.807) is 0 Å². The maximum atomic E-state index is 10.5. The second-order valence-corrected chi connectivity index (χ2v) is 5.56. The van der Waals surface area contributed by atoms with Crippen molar-refractivity contribution in [2.45, 2.75) is 46.6 Å². The molecule has 0 saturated carbocycles. The Morgan fingerprint density at radius 2 is 1.50 bits per heavy atom. The first kappa shape index (κ1) is 17.3. The lowest BCUT2D eigenvalue weighted by Gasteiger charge is -2.23. The van der Waals surface area contributed by atoms with Crippen LogP contribution in [0.4, 0.5) is 0 Å². The van der Waals surface area contributed by atoms with Crippen LogP contribution in [0.3, 0.4) is 0 Å². The summed E-state index contributed by atoms with van der Waals surface area (Å²) >= 11 is 3.53. The molecule has 0 saturated heterocycles. The number of aliphatic hydroxyl groups excluding tert-OH is 1. The zero-order valence-corrected chi connectivity index (χ0v) is 14.4. The minimum atomic E-state index is -0.491. The van der Waals surface area contributed by atoms with Crippen molar-refractivity contribution in [3.8, 4) is 11.5 Å². The molecule has 0 fully saturated rings. The molecule has 1 aromatic carbocycles. The molecule has 1 N–H and O–H groups in total. The molecule has 3 nitrogen and oxygen atoms in total. The average Bonchev–Trinajstić information content (AvgIpc) is 2.43. The van der Waals surface area contributed by atoms with Gasteiger partial charge in [-0.05, 0) is 37.5 Å². The Morgan fingerprint density at radius 1 is 1.00 bits per heavy atom. The summed E-state index contributed by atoms with van der Waals surface area (Å²) in [7, 11) is 0. The number of rotatable bonds is 8. The van der Waals surface area contributed by atoms with Gasteiger partial charge < -0.3 is 14.6 Å². The Balaban J connectivity index is 3.16. The zero-order valence-electron chi connectivity index (χ0n) is 12.8. The van der Waals surface area contributed by atoms with Gasteiger partial charge in [0.05, 0.1) is 19.3 Å². The monoisotopic (exact) mass is 344 g/mol. The summed E-state index contributed by atoms with van der Waals surface area (Å²) in [6.07, 6.45) is 1.40. The second-order valence-electron chi connectivity index (χ2n) is 4.71. The van der Waals surface area contributed by atoms with Gasteiger partial charge in [-0.15, -0.1) is 0 Å². The molecule has 4 heteroatoms. The fourth-order valence-electron chi connectivity index (χ4n) is 2.30. The maximum Gasteiger partial charge on any atom is 0.162 e. The van der Waals surface area contributed by atoms with Crippen LogP contribution in [0.1, 0.15) is 52.2 Å². The van der Waals surface area contributed by atoms with E-state index in [4.69, 9.17) is 9.47 Å². The largest absolute Gasteiger partial charge is 0.490 e. The second kappa shape index (κ2) is 8.53. The zero-order chi connectivity index (χ0) is 15.1. The highest BCUT2D eigenvalue weighted by Gasteiger charge is 2.22. The van der Waals surface area contributed by atoms with Crippen LogP contribution in [0, 0.1) is 5.92 Å². The molecule has 1 aromatic rings. The molecule has 0 aliphatic carbocycles. The number of ether oxygens (including phenoxy) is 2. The van der Waals surface area contributed by atoms with Crippen LogP contribution in [0.15, 0.2) is 16.6 Å². The van der Waals surface area contributed by atoms with Crippen molar-refractivity contribution >= 4 is 15.9 Å². The number of halogens is 1. The smallest absolute Gasteiger partial charge is 0.162 e. The summed E-state index contributed by atoms with van der Waals surface area (Å²) in [5.41, 5.74) is 0.866. The number of benzene rings is 1. The van der Waals surface area contributed by atoms with E-state index < -0.39 is 6.10 Å². The van der Waals surface area contributed by atoms with Gasteiger partial charge >= 0.3 is 0 Å². The molecule has 0 aliphatic rings. The van der Waals surface area contributed by atoms with Crippen molar-refractivity contribution in [1.82, 2.24) is 0 Å². The molecule has 0 radical (unpaired) electrons. The van der Waals surface area contributed by atoms with E-state index in [2.05, 4.69) is 29.8 Å². The van der Waals surface area contributed by atoms with Crippen LogP contribution in [-0.2, 0) is 0 Å². The first-order valence-electron chi connectivity index (χ1n) is 7.35. The molecular weight excluding hydrogens is 320 g/mol. The molecule has 1 atom stereocenters. The van der Waals surface area contributed by atoms with E-state index >= 15 is 0 Å². The van der Waals surface area contributed by atoms with E-state index in [1.165, 1.54) is 0 Å². The Kier molecular flexibility index (Phi) is 7.38. The summed E-state index contributed by atoms with van der Waals surface area (Å²) in [4.78, 5) is 0. The van der Waals surface area contributed by atoms with Crippen molar-refractivity contribution < 1.29 is 14.6 Å². The van der Waals surface area contributed by atoms with Gasteiger partial charge in [0, 0.05) is 4.47 Å². The van der Waals surface area contributed by atoms with Crippen LogP contribution in [0.25, 0.3) is 0 Å². The highest BCUT2D eigenvalue weighted by atomic mass is 79.9. The third kappa shape index (κ3) is 4.13. The minimum absolute atomic E-state index is 0.249. The van der Waals surface area contributed by atoms with Crippen molar-refractivity contribution in [1.29, 1.82) is 0 Å². The first-order chi connectivity index (χ1) is 9.58. The predicted molar refractivity (Wildman–Crippen MR) is 85.5 cm³/mol. The van der Waals surface area contributed by atoms with Crippen molar-refractivity contribution in [3.63, 3.8) is 0 Å². The lowest BCUT2D eigenvalue weighted by atomic mass is 9.91. The van der Waals surface area contributed by atoms with Gasteiger partial charge in [0.2, 0.25) is 0 Å². The topological polar surface area (TPSA) is 38.7 Å². The van der Waals surface area contributed by atoms with E-state index in [0.717, 1.165) is 22.9 Å². The first-order valence-corrected chi connectivity index (χ1v) is 8.15. The summed E-state index contributed by atoms with van der Waals surface area (Å²) in [6, 6.07) is 3.77. The fraction of sp³-hybridized carbons (Fsp3) is 0.625. The SMILES string of the molecule is CCOc1cc(Br)c(C(O)C(CC)CC)cc1OCC. The summed E-state index contributed by atoms with van der Waals surface area (Å²) in [6.45, 7) is 9.24. The van der Waals surface area contributed by atoms with Crippen LogP contribution in [0.5, 0.6) is 11.5 Å². The van der Waals surface area contributed by atoms with Gasteiger partial charge in [-0.25, -0.2) is 0 Å². The molecule has 0 spiro atoms. The lowest BCUT2D eigenvalue weighted by molar-refractivity contribution is 0.102. The normalized spacial score (nSPS) is 12.6. The lowest BCUT2D eigenvalue weighted by Crippen LogP contribution is -2.12. The van der Waals surface area contributed by atoms with Gasteiger partial charge in [0.15, 0.2) is 11.5 Å². The van der Waals surface area contributed by atoms with Crippen molar-refractivity contribution in [3.05, 3.63) is 22.2 Å². The fourth-order valence-corrected chi connectivity index (χ4v) is 2.86. The van der Waals surface area contributed by atoms with Gasteiger partial charge in [-0.2, -0.15) is 0 Å². The Labute approximate surface area is 130 Å². The molecule has 0 aromatic heterocycles. The molecule has 0 bridgehead atoms. The number of aliphatic hydroxyl groups is 1. The predicted octanol–water partition coefficient (Wildman–Crippen LogP) is 4.72. The van der Waals surface area contributed by atoms with Crippen LogP contribution >= 0.6 is 15.9 Å². The van der Waals surface area contributed by atoms with Crippen LogP contribution in [0.2, 0.25) is 0 Å².